The van der Waals surface area contributed by atoms with Gasteiger partial charge in [-0.25, -0.2) is 0 Å². The van der Waals surface area contributed by atoms with Gasteiger partial charge in [-0.15, -0.1) is 5.73 Å². The zero-order valence-corrected chi connectivity index (χ0v) is 7.26. The molecule has 11 heavy (non-hydrogen) atoms. The maximum atomic E-state index is 4.08. The van der Waals surface area contributed by atoms with Gasteiger partial charge in [-0.05, 0) is 17.6 Å². The van der Waals surface area contributed by atoms with Crippen LogP contribution in [-0.2, 0) is 0 Å². The summed E-state index contributed by atoms with van der Waals surface area (Å²) in [4.78, 5) is 4.08. The molecule has 0 N–H and O–H groups in total. The van der Waals surface area contributed by atoms with Crippen molar-refractivity contribution in [3.05, 3.63) is 29.7 Å². The molecule has 0 atom stereocenters. The van der Waals surface area contributed by atoms with Gasteiger partial charge in [0.2, 0.25) is 0 Å². The zero-order valence-electron chi connectivity index (χ0n) is 7.26. The molecule has 0 aromatic heterocycles. The second-order valence-electron chi connectivity index (χ2n) is 3.59. The van der Waals surface area contributed by atoms with Crippen LogP contribution in [0.15, 0.2) is 34.6 Å². The van der Waals surface area contributed by atoms with Crippen molar-refractivity contribution in [3.63, 3.8) is 0 Å². The van der Waals surface area contributed by atoms with E-state index in [0.29, 0.717) is 0 Å². The number of nitrogens with zero attached hydrogens (tertiary/aromatic N) is 1. The summed E-state index contributed by atoms with van der Waals surface area (Å²) >= 11 is 0. The molecule has 0 fully saturated rings. The highest BCUT2D eigenvalue weighted by molar-refractivity contribution is 5.80. The molecule has 0 aliphatic carbocycles. The lowest BCUT2D eigenvalue weighted by atomic mass is 9.88. The molecule has 0 bridgehead atoms. The fourth-order valence-corrected chi connectivity index (χ4v) is 0.796. The van der Waals surface area contributed by atoms with Gasteiger partial charge in [0.1, 0.15) is 0 Å². The Morgan fingerprint density at radius 2 is 2.09 bits per heavy atom. The summed E-state index contributed by atoms with van der Waals surface area (Å²) in [5, 5.41) is 0. The van der Waals surface area contributed by atoms with Crippen LogP contribution in [0.25, 0.3) is 0 Å². The van der Waals surface area contributed by atoms with E-state index in [2.05, 4.69) is 31.5 Å². The topological polar surface area (TPSA) is 12.4 Å². The quantitative estimate of drug-likeness (QED) is 0.467. The van der Waals surface area contributed by atoms with Crippen LogP contribution in [0.1, 0.15) is 20.8 Å². The van der Waals surface area contributed by atoms with Crippen LogP contribution in [-0.4, -0.2) is 6.21 Å². The zero-order chi connectivity index (χ0) is 8.32. The Bertz CT molecular complexity index is 255. The predicted molar refractivity (Wildman–Crippen MR) is 48.7 cm³/mol. The third kappa shape index (κ3) is 2.21. The SMILES string of the molecule is CC(C)(C)C1=C=CC=CN=C1. The summed E-state index contributed by atoms with van der Waals surface area (Å²) < 4.78 is 0. The Labute approximate surface area is 67.8 Å². The van der Waals surface area contributed by atoms with E-state index in [1.807, 2.05) is 18.4 Å². The minimum absolute atomic E-state index is 0.145. The number of aliphatic imine (C=N–C) groups is 1. The van der Waals surface area contributed by atoms with Crippen molar-refractivity contribution in [2.24, 2.45) is 10.4 Å². The number of allylic oxidation sites excluding steroid dienone is 2. The Morgan fingerprint density at radius 3 is 2.73 bits per heavy atom. The van der Waals surface area contributed by atoms with Gasteiger partial charge in [0.25, 0.3) is 0 Å². The highest BCUT2D eigenvalue weighted by atomic mass is 14.7. The molecule has 0 saturated heterocycles. The molecule has 58 valence electrons. The van der Waals surface area contributed by atoms with Crippen molar-refractivity contribution in [2.75, 3.05) is 0 Å². The van der Waals surface area contributed by atoms with Crippen molar-refractivity contribution < 1.29 is 0 Å². The molecule has 0 aromatic carbocycles. The van der Waals surface area contributed by atoms with Crippen LogP contribution < -0.4 is 0 Å². The lowest BCUT2D eigenvalue weighted by molar-refractivity contribution is 0.527. The minimum Gasteiger partial charge on any atom is -0.264 e. The third-order valence-corrected chi connectivity index (χ3v) is 1.52. The first-order valence-electron chi connectivity index (χ1n) is 3.76. The lowest BCUT2D eigenvalue weighted by Gasteiger charge is -2.16. The van der Waals surface area contributed by atoms with Crippen molar-refractivity contribution in [1.82, 2.24) is 0 Å². The van der Waals surface area contributed by atoms with Gasteiger partial charge >= 0.3 is 0 Å². The summed E-state index contributed by atoms with van der Waals surface area (Å²) in [6.07, 6.45) is 7.41. The maximum absolute atomic E-state index is 4.08. The standard InChI is InChI=1S/C10H13N/c1-10(2,3)9-6-4-5-7-11-8-9/h4-5,7-8H,1-3H3. The molecule has 1 heterocycles. The lowest BCUT2D eigenvalue weighted by Crippen LogP contribution is -2.09. The van der Waals surface area contributed by atoms with E-state index in [4.69, 9.17) is 0 Å². The molecule has 1 rings (SSSR count). The molecule has 0 radical (unpaired) electrons. The van der Waals surface area contributed by atoms with E-state index in [1.54, 1.807) is 6.20 Å². The summed E-state index contributed by atoms with van der Waals surface area (Å²) in [6, 6.07) is 0. The average Bonchev–Trinajstić information content (AvgIpc) is 2.10. The smallest absolute Gasteiger partial charge is 0.0382 e. The highest BCUT2D eigenvalue weighted by Gasteiger charge is 2.14. The maximum Gasteiger partial charge on any atom is 0.0382 e. The van der Waals surface area contributed by atoms with Crippen LogP contribution >= 0.6 is 0 Å². The van der Waals surface area contributed by atoms with Crippen LogP contribution in [0, 0.1) is 5.41 Å². The molecule has 1 aliphatic rings. The molecule has 1 nitrogen and oxygen atoms in total. The summed E-state index contributed by atoms with van der Waals surface area (Å²) in [5.41, 5.74) is 4.46. The van der Waals surface area contributed by atoms with E-state index in [1.165, 1.54) is 0 Å². The minimum atomic E-state index is 0.145. The van der Waals surface area contributed by atoms with E-state index in [9.17, 15) is 0 Å². The van der Waals surface area contributed by atoms with Gasteiger partial charge in [0.05, 0.1) is 0 Å². The molecule has 0 unspecified atom stereocenters. The highest BCUT2D eigenvalue weighted by Crippen LogP contribution is 2.22. The van der Waals surface area contributed by atoms with Gasteiger partial charge in [0, 0.05) is 18.0 Å². The monoisotopic (exact) mass is 147 g/mol. The Balaban J connectivity index is 2.99. The molecule has 0 amide bonds. The van der Waals surface area contributed by atoms with E-state index < -0.39 is 0 Å². The van der Waals surface area contributed by atoms with E-state index >= 15 is 0 Å². The van der Waals surface area contributed by atoms with E-state index in [0.717, 1.165) is 5.57 Å². The van der Waals surface area contributed by atoms with Gasteiger partial charge in [-0.2, -0.15) is 0 Å². The molecule has 1 heteroatoms. The van der Waals surface area contributed by atoms with Crippen molar-refractivity contribution in [2.45, 2.75) is 20.8 Å². The fraction of sp³-hybridized carbons (Fsp3) is 0.400. The first-order valence-corrected chi connectivity index (χ1v) is 3.76. The second kappa shape index (κ2) is 2.89. The van der Waals surface area contributed by atoms with Crippen molar-refractivity contribution >= 4 is 6.21 Å². The first-order chi connectivity index (χ1) is 5.11. The molecule has 0 aromatic rings. The summed E-state index contributed by atoms with van der Waals surface area (Å²) in [5.74, 6) is 0. The normalized spacial score (nSPS) is 16.5. The van der Waals surface area contributed by atoms with Crippen LogP contribution in [0.5, 0.6) is 0 Å². The van der Waals surface area contributed by atoms with Crippen molar-refractivity contribution in [1.29, 1.82) is 0 Å². The molecular weight excluding hydrogens is 134 g/mol. The second-order valence-corrected chi connectivity index (χ2v) is 3.59. The van der Waals surface area contributed by atoms with Gasteiger partial charge < -0.3 is 0 Å². The van der Waals surface area contributed by atoms with Gasteiger partial charge in [-0.1, -0.05) is 20.8 Å². The summed E-state index contributed by atoms with van der Waals surface area (Å²) in [6.45, 7) is 6.46. The van der Waals surface area contributed by atoms with E-state index in [-0.39, 0.29) is 5.41 Å². The third-order valence-electron chi connectivity index (χ3n) is 1.52. The van der Waals surface area contributed by atoms with Gasteiger partial charge in [-0.3, -0.25) is 4.99 Å². The first kappa shape index (κ1) is 8.03. The molecule has 0 spiro atoms. The average molecular weight is 147 g/mol. The van der Waals surface area contributed by atoms with Crippen molar-refractivity contribution in [3.8, 4) is 0 Å². The molecule has 1 aliphatic heterocycles. The molecule has 0 saturated carbocycles. The Morgan fingerprint density at radius 1 is 1.36 bits per heavy atom. The summed E-state index contributed by atoms with van der Waals surface area (Å²) in [7, 11) is 0. The largest absolute Gasteiger partial charge is 0.264 e. The van der Waals surface area contributed by atoms with Gasteiger partial charge in [0.15, 0.2) is 0 Å². The predicted octanol–water partition coefficient (Wildman–Crippen LogP) is 2.71. The van der Waals surface area contributed by atoms with Crippen LogP contribution in [0.2, 0.25) is 0 Å². The fourth-order valence-electron chi connectivity index (χ4n) is 0.796. The van der Waals surface area contributed by atoms with Crippen LogP contribution in [0.4, 0.5) is 0 Å². The molecular formula is C10H13N. The number of hydrogen-bond acceptors (Lipinski definition) is 1. The number of hydrogen-bond donors (Lipinski definition) is 0. The Hall–Kier alpha value is -1.07. The Kier molecular flexibility index (Phi) is 2.11. The number of rotatable bonds is 0. The van der Waals surface area contributed by atoms with Crippen LogP contribution in [0.3, 0.4) is 0 Å².